The normalized spacial score (nSPS) is 23.7. The first-order valence-corrected chi connectivity index (χ1v) is 14.9. The van der Waals surface area contributed by atoms with Crippen LogP contribution in [0.15, 0.2) is 24.3 Å². The van der Waals surface area contributed by atoms with Gasteiger partial charge in [0.25, 0.3) is 0 Å². The fourth-order valence-electron chi connectivity index (χ4n) is 6.16. The molecule has 39 heavy (non-hydrogen) atoms. The number of piperidine rings is 1. The van der Waals surface area contributed by atoms with Crippen LogP contribution in [0.3, 0.4) is 0 Å². The summed E-state index contributed by atoms with van der Waals surface area (Å²) in [7, 11) is 1.80. The highest BCUT2D eigenvalue weighted by Crippen LogP contribution is 2.46. The predicted octanol–water partition coefficient (Wildman–Crippen LogP) is 5.26. The number of hydrogen-bond donors (Lipinski definition) is 1. The van der Waals surface area contributed by atoms with E-state index in [0.29, 0.717) is 31.5 Å². The quantitative estimate of drug-likeness (QED) is 0.365. The van der Waals surface area contributed by atoms with E-state index in [1.807, 2.05) is 45.0 Å². The van der Waals surface area contributed by atoms with E-state index in [1.54, 1.807) is 11.9 Å². The molecule has 1 aromatic rings. The summed E-state index contributed by atoms with van der Waals surface area (Å²) in [6.45, 7) is 13.8. The predicted molar refractivity (Wildman–Crippen MR) is 154 cm³/mol. The Morgan fingerprint density at radius 1 is 1.10 bits per heavy atom. The van der Waals surface area contributed by atoms with Crippen LogP contribution in [0, 0.1) is 12.3 Å². The summed E-state index contributed by atoms with van der Waals surface area (Å²) in [6.07, 6.45) is 5.61. The molecule has 4 amide bonds. The Morgan fingerprint density at radius 3 is 2.28 bits per heavy atom. The van der Waals surface area contributed by atoms with Gasteiger partial charge in [-0.15, -0.1) is 0 Å². The van der Waals surface area contributed by atoms with Gasteiger partial charge in [0.2, 0.25) is 11.8 Å². The number of rotatable bonds is 12. The molecule has 218 valence electrons. The van der Waals surface area contributed by atoms with Crippen molar-refractivity contribution in [2.24, 2.45) is 5.41 Å². The van der Waals surface area contributed by atoms with E-state index in [-0.39, 0.29) is 24.5 Å². The SMILES string of the molecule is CCC[C@@H](NC(=O)N1C(=O)C(CC)(CC)C1OCC(=O)N(C)CCN1C(C)CCCC1C)c1ccc(C)cc1. The Labute approximate surface area is 235 Å². The number of imide groups is 1. The van der Waals surface area contributed by atoms with Gasteiger partial charge in [0, 0.05) is 32.2 Å². The number of likely N-dealkylation sites (N-methyl/N-ethyl adjacent to an activating group) is 1. The van der Waals surface area contributed by atoms with Crippen LogP contribution >= 0.6 is 0 Å². The van der Waals surface area contributed by atoms with Crippen LogP contribution in [-0.2, 0) is 14.3 Å². The molecule has 2 aliphatic rings. The first-order chi connectivity index (χ1) is 18.6. The molecule has 0 radical (unpaired) electrons. The topological polar surface area (TPSA) is 82.2 Å². The lowest BCUT2D eigenvalue weighted by Crippen LogP contribution is -2.72. The second-order valence-electron chi connectivity index (χ2n) is 11.6. The fourth-order valence-corrected chi connectivity index (χ4v) is 6.16. The molecule has 0 aromatic heterocycles. The minimum atomic E-state index is -0.793. The summed E-state index contributed by atoms with van der Waals surface area (Å²) < 4.78 is 6.10. The molecule has 0 aliphatic carbocycles. The maximum Gasteiger partial charge on any atom is 0.326 e. The highest BCUT2D eigenvalue weighted by Gasteiger charge is 2.62. The average molecular weight is 543 g/mol. The minimum absolute atomic E-state index is 0.142. The van der Waals surface area contributed by atoms with Crippen molar-refractivity contribution in [3.8, 4) is 0 Å². The number of carbonyl (C=O) groups is 3. The van der Waals surface area contributed by atoms with Gasteiger partial charge in [-0.3, -0.25) is 14.5 Å². The molecule has 4 atom stereocenters. The monoisotopic (exact) mass is 542 g/mol. The van der Waals surface area contributed by atoms with Crippen molar-refractivity contribution in [3.05, 3.63) is 35.4 Å². The fraction of sp³-hybridized carbons (Fsp3) is 0.710. The molecule has 3 unspecified atom stereocenters. The van der Waals surface area contributed by atoms with Gasteiger partial charge < -0.3 is 15.0 Å². The van der Waals surface area contributed by atoms with Crippen molar-refractivity contribution in [1.29, 1.82) is 0 Å². The van der Waals surface area contributed by atoms with Crippen LogP contribution in [0.25, 0.3) is 0 Å². The molecule has 0 spiro atoms. The van der Waals surface area contributed by atoms with Gasteiger partial charge in [-0.05, 0) is 58.4 Å². The summed E-state index contributed by atoms with van der Waals surface area (Å²) in [5.74, 6) is -0.375. The smallest absolute Gasteiger partial charge is 0.326 e. The molecule has 1 N–H and O–H groups in total. The number of nitrogens with one attached hydrogen (secondary N) is 1. The standard InChI is InChI=1S/C31H50N4O4/c1-8-12-26(25-17-15-22(4)16-18-25)32-30(38)35-28(37)31(9-2,10-3)29(35)39-21-27(36)33(7)19-20-34-23(5)13-11-14-24(34)6/h15-18,23-24,26,29H,8-14,19-21H2,1-7H3,(H,32,38)/t23?,24?,26-,29?/m1/s1. The number of carbonyl (C=O) groups excluding carboxylic acids is 3. The van der Waals surface area contributed by atoms with Gasteiger partial charge in [-0.1, -0.05) is 63.4 Å². The van der Waals surface area contributed by atoms with Crippen molar-refractivity contribution >= 4 is 17.8 Å². The second kappa shape index (κ2) is 13.8. The number of aryl methyl sites for hydroxylation is 1. The van der Waals surface area contributed by atoms with E-state index >= 15 is 0 Å². The van der Waals surface area contributed by atoms with Gasteiger partial charge in [-0.25, -0.2) is 9.69 Å². The Morgan fingerprint density at radius 2 is 1.72 bits per heavy atom. The van der Waals surface area contributed by atoms with E-state index in [0.717, 1.165) is 30.5 Å². The first kappa shape index (κ1) is 31.1. The summed E-state index contributed by atoms with van der Waals surface area (Å²) in [5, 5.41) is 3.06. The van der Waals surface area contributed by atoms with Gasteiger partial charge >= 0.3 is 6.03 Å². The molecule has 2 heterocycles. The number of hydrogen-bond acceptors (Lipinski definition) is 5. The molecule has 3 rings (SSSR count). The molecule has 2 fully saturated rings. The van der Waals surface area contributed by atoms with Gasteiger partial charge in [0.15, 0.2) is 6.23 Å². The number of urea groups is 1. The molecular weight excluding hydrogens is 492 g/mol. The zero-order valence-electron chi connectivity index (χ0n) is 25.2. The third kappa shape index (κ3) is 6.83. The molecule has 1 aromatic carbocycles. The Balaban J connectivity index is 1.64. The Bertz CT molecular complexity index is 967. The van der Waals surface area contributed by atoms with Crippen LogP contribution in [-0.4, -0.2) is 77.6 Å². The summed E-state index contributed by atoms with van der Waals surface area (Å²) in [6, 6.07) is 8.46. The lowest BCUT2D eigenvalue weighted by molar-refractivity contribution is -0.211. The third-order valence-electron chi connectivity index (χ3n) is 9.05. The summed E-state index contributed by atoms with van der Waals surface area (Å²) in [5.41, 5.74) is 1.36. The first-order valence-electron chi connectivity index (χ1n) is 14.9. The highest BCUT2D eigenvalue weighted by atomic mass is 16.5. The lowest BCUT2D eigenvalue weighted by atomic mass is 9.72. The van der Waals surface area contributed by atoms with Crippen LogP contribution in [0.4, 0.5) is 4.79 Å². The lowest BCUT2D eigenvalue weighted by Gasteiger charge is -2.53. The Kier molecular flexibility index (Phi) is 11.0. The zero-order valence-corrected chi connectivity index (χ0v) is 25.2. The molecule has 2 aliphatic heterocycles. The van der Waals surface area contributed by atoms with E-state index in [1.165, 1.54) is 24.2 Å². The van der Waals surface area contributed by atoms with Crippen molar-refractivity contribution in [2.45, 2.75) is 111 Å². The van der Waals surface area contributed by atoms with Crippen LogP contribution in [0.2, 0.25) is 0 Å². The van der Waals surface area contributed by atoms with Gasteiger partial charge in [-0.2, -0.15) is 0 Å². The van der Waals surface area contributed by atoms with Crippen LogP contribution in [0.1, 0.15) is 96.7 Å². The average Bonchev–Trinajstić information content (AvgIpc) is 2.91. The van der Waals surface area contributed by atoms with Crippen LogP contribution < -0.4 is 5.32 Å². The van der Waals surface area contributed by atoms with E-state index in [2.05, 4.69) is 31.0 Å². The van der Waals surface area contributed by atoms with Crippen molar-refractivity contribution in [2.75, 3.05) is 26.7 Å². The number of benzene rings is 1. The number of β-lactam (4-membered cyclic amide) rings is 1. The number of likely N-dealkylation sites (tertiary alicyclic amines) is 2. The van der Waals surface area contributed by atoms with Crippen molar-refractivity contribution in [3.63, 3.8) is 0 Å². The number of nitrogens with zero attached hydrogens (tertiary/aromatic N) is 3. The molecule has 0 saturated carbocycles. The van der Waals surface area contributed by atoms with Gasteiger partial charge in [0.05, 0.1) is 11.5 Å². The van der Waals surface area contributed by atoms with Crippen molar-refractivity contribution in [1.82, 2.24) is 20.0 Å². The minimum Gasteiger partial charge on any atom is -0.347 e. The van der Waals surface area contributed by atoms with Crippen molar-refractivity contribution < 1.29 is 19.1 Å². The van der Waals surface area contributed by atoms with E-state index in [4.69, 9.17) is 4.74 Å². The Hall–Kier alpha value is -2.45. The molecule has 0 bridgehead atoms. The summed E-state index contributed by atoms with van der Waals surface area (Å²) in [4.78, 5) is 45.1. The summed E-state index contributed by atoms with van der Waals surface area (Å²) >= 11 is 0. The van der Waals surface area contributed by atoms with E-state index < -0.39 is 17.7 Å². The number of amides is 4. The van der Waals surface area contributed by atoms with E-state index in [9.17, 15) is 14.4 Å². The highest BCUT2D eigenvalue weighted by molar-refractivity contribution is 6.03. The number of ether oxygens (including phenoxy) is 1. The molecule has 8 nitrogen and oxygen atoms in total. The molecular formula is C31H50N4O4. The van der Waals surface area contributed by atoms with Crippen LogP contribution in [0.5, 0.6) is 0 Å². The maximum atomic E-state index is 13.4. The third-order valence-corrected chi connectivity index (χ3v) is 9.05. The zero-order chi connectivity index (χ0) is 28.7. The van der Waals surface area contributed by atoms with Gasteiger partial charge in [0.1, 0.15) is 6.61 Å². The molecule has 2 saturated heterocycles. The molecule has 8 heteroatoms. The second-order valence-corrected chi connectivity index (χ2v) is 11.6. The largest absolute Gasteiger partial charge is 0.347 e. The maximum absolute atomic E-state index is 13.4.